The molecule has 0 radical (unpaired) electrons. The first-order valence-electron chi connectivity index (χ1n) is 13.4. The lowest BCUT2D eigenvalue weighted by atomic mass is 9.85. The second kappa shape index (κ2) is 11.7. The summed E-state index contributed by atoms with van der Waals surface area (Å²) in [6, 6.07) is 19.4. The number of esters is 2. The van der Waals surface area contributed by atoms with Gasteiger partial charge in [-0.25, -0.2) is 14.8 Å². The number of ether oxygens (including phenoxy) is 2. The van der Waals surface area contributed by atoms with Crippen LogP contribution in [0.3, 0.4) is 0 Å². The van der Waals surface area contributed by atoms with Crippen LogP contribution in [-0.4, -0.2) is 40.5 Å². The van der Waals surface area contributed by atoms with Crippen LogP contribution in [0.15, 0.2) is 71.8 Å². The van der Waals surface area contributed by atoms with E-state index in [1.807, 2.05) is 44.2 Å². The molecule has 0 spiro atoms. The van der Waals surface area contributed by atoms with E-state index in [0.717, 1.165) is 11.8 Å². The Hall–Kier alpha value is -4.29. The zero-order valence-corrected chi connectivity index (χ0v) is 25.6. The number of hydrazone groups is 1. The highest BCUT2D eigenvalue weighted by molar-refractivity contribution is 7.12. The van der Waals surface area contributed by atoms with Gasteiger partial charge in [0.15, 0.2) is 0 Å². The van der Waals surface area contributed by atoms with Crippen molar-refractivity contribution in [3.05, 3.63) is 103 Å². The van der Waals surface area contributed by atoms with E-state index in [1.54, 1.807) is 36.4 Å². The van der Waals surface area contributed by atoms with E-state index >= 15 is 0 Å². The Balaban J connectivity index is 1.32. The van der Waals surface area contributed by atoms with Gasteiger partial charge < -0.3 is 19.9 Å². The molecule has 2 aliphatic heterocycles. The van der Waals surface area contributed by atoms with E-state index in [4.69, 9.17) is 37.7 Å². The number of aliphatic hydroxyl groups is 1. The van der Waals surface area contributed by atoms with Crippen LogP contribution in [0.4, 0.5) is 5.69 Å². The van der Waals surface area contributed by atoms with Crippen LogP contribution in [0.5, 0.6) is 0 Å². The molecule has 13 heteroatoms. The molecule has 2 unspecified atom stereocenters. The van der Waals surface area contributed by atoms with Gasteiger partial charge in [-0.2, -0.15) is 5.10 Å². The zero-order chi connectivity index (χ0) is 31.2. The molecule has 3 heterocycles. The predicted molar refractivity (Wildman–Crippen MR) is 166 cm³/mol. The van der Waals surface area contributed by atoms with Crippen molar-refractivity contribution < 1.29 is 29.0 Å². The average Bonchev–Trinajstić information content (AvgIpc) is 3.54. The summed E-state index contributed by atoms with van der Waals surface area (Å²) in [5.41, 5.74) is 2.37. The minimum Gasteiger partial charge on any atom is -0.420 e. The first kappa shape index (κ1) is 29.8. The first-order chi connectivity index (χ1) is 21.0. The van der Waals surface area contributed by atoms with Crippen molar-refractivity contribution in [2.45, 2.75) is 38.3 Å². The molecule has 1 amide bonds. The molecule has 44 heavy (non-hydrogen) atoms. The number of anilines is 1. The molecule has 2 N–H and O–H groups in total. The van der Waals surface area contributed by atoms with Gasteiger partial charge in [0.2, 0.25) is 6.35 Å². The van der Waals surface area contributed by atoms with Crippen molar-refractivity contribution in [3.63, 3.8) is 0 Å². The highest BCUT2D eigenvalue weighted by atomic mass is 35.5. The Morgan fingerprint density at radius 1 is 1.09 bits per heavy atom. The minimum absolute atomic E-state index is 0.120. The van der Waals surface area contributed by atoms with Gasteiger partial charge in [0.1, 0.15) is 11.2 Å². The fourth-order valence-corrected chi connectivity index (χ4v) is 7.19. The summed E-state index contributed by atoms with van der Waals surface area (Å²) >= 11 is 14.9. The SMILES string of the molecule is CC(C)(c1nc(-c2ccccc2)c(CC(=O)OC2OC(=O)c3ccccc32)s1)c1c(Cl)cc(N2N=CC(=O)NC2O)cc1Cl. The van der Waals surface area contributed by atoms with Crippen molar-refractivity contribution in [3.8, 4) is 11.3 Å². The molecule has 2 atom stereocenters. The fourth-order valence-electron chi connectivity index (χ4n) is 5.06. The second-order valence-electron chi connectivity index (χ2n) is 10.5. The van der Waals surface area contributed by atoms with Gasteiger partial charge in [0.05, 0.1) is 23.4 Å². The molecule has 0 saturated carbocycles. The Morgan fingerprint density at radius 3 is 2.48 bits per heavy atom. The van der Waals surface area contributed by atoms with Crippen molar-refractivity contribution in [2.24, 2.45) is 5.10 Å². The number of carbonyl (C=O) groups is 3. The summed E-state index contributed by atoms with van der Waals surface area (Å²) in [6.07, 6.45) is -1.60. The van der Waals surface area contributed by atoms with Crippen molar-refractivity contribution in [2.75, 3.05) is 5.01 Å². The molecule has 10 nitrogen and oxygen atoms in total. The van der Waals surface area contributed by atoms with Gasteiger partial charge in [-0.15, -0.1) is 11.3 Å². The number of rotatable bonds is 7. The molecule has 1 aromatic heterocycles. The standard InChI is InChI=1S/C31H24Cl2N4O6S/c1-31(2,25-20(32)12-17(13-21(25)33)37-30(41)35-23(38)15-34-37)29-36-26(16-8-4-3-5-9-16)22(44-29)14-24(39)42-28-19-11-7-6-10-18(19)27(40)43-28/h3-13,15,28,30,41H,14H2,1-2H3,(H,35,38). The van der Waals surface area contributed by atoms with Gasteiger partial charge in [0.25, 0.3) is 12.2 Å². The molecule has 0 bridgehead atoms. The maximum absolute atomic E-state index is 13.2. The van der Waals surface area contributed by atoms with Crippen LogP contribution in [0.2, 0.25) is 10.0 Å². The Labute approximate surface area is 265 Å². The minimum atomic E-state index is -1.39. The zero-order valence-electron chi connectivity index (χ0n) is 23.3. The molecule has 0 saturated heterocycles. The van der Waals surface area contributed by atoms with Gasteiger partial charge in [-0.05, 0) is 32.0 Å². The Kier molecular flexibility index (Phi) is 7.89. The molecule has 4 aromatic rings. The van der Waals surface area contributed by atoms with E-state index in [0.29, 0.717) is 38.0 Å². The lowest BCUT2D eigenvalue weighted by Crippen LogP contribution is -2.50. The number of nitrogens with one attached hydrogen (secondary N) is 1. The van der Waals surface area contributed by atoms with Crippen LogP contribution in [-0.2, 0) is 30.9 Å². The van der Waals surface area contributed by atoms with E-state index in [-0.39, 0.29) is 16.5 Å². The number of thiazole rings is 1. The van der Waals surface area contributed by atoms with Crippen LogP contribution in [0, 0.1) is 0 Å². The summed E-state index contributed by atoms with van der Waals surface area (Å²) in [5, 5.41) is 19.0. The number of fused-ring (bicyclic) bond motifs is 1. The molecular formula is C31H24Cl2N4O6S. The maximum Gasteiger partial charge on any atom is 0.342 e. The smallest absolute Gasteiger partial charge is 0.342 e. The van der Waals surface area contributed by atoms with Gasteiger partial charge in [-0.1, -0.05) is 71.7 Å². The third-order valence-electron chi connectivity index (χ3n) is 7.19. The number of nitrogens with zero attached hydrogens (tertiary/aromatic N) is 3. The lowest BCUT2D eigenvalue weighted by Gasteiger charge is -2.30. The van der Waals surface area contributed by atoms with E-state index in [2.05, 4.69) is 10.4 Å². The third kappa shape index (κ3) is 5.55. The summed E-state index contributed by atoms with van der Waals surface area (Å²) in [5.74, 6) is -1.66. The normalized spacial score (nSPS) is 17.7. The monoisotopic (exact) mass is 650 g/mol. The van der Waals surface area contributed by atoms with Crippen molar-refractivity contribution in [1.82, 2.24) is 10.3 Å². The number of hydrogen-bond acceptors (Lipinski definition) is 10. The number of carbonyl (C=O) groups excluding carboxylic acids is 3. The Morgan fingerprint density at radius 2 is 1.77 bits per heavy atom. The van der Waals surface area contributed by atoms with Crippen LogP contribution >= 0.6 is 34.5 Å². The summed E-state index contributed by atoms with van der Waals surface area (Å²) in [6.45, 7) is 3.83. The number of aliphatic hydroxyl groups excluding tert-OH is 1. The third-order valence-corrected chi connectivity index (χ3v) is 9.17. The quantitative estimate of drug-likeness (QED) is 0.247. The van der Waals surface area contributed by atoms with E-state index in [9.17, 15) is 19.5 Å². The summed E-state index contributed by atoms with van der Waals surface area (Å²) in [4.78, 5) is 42.5. The number of amides is 1. The summed E-state index contributed by atoms with van der Waals surface area (Å²) < 4.78 is 10.9. The van der Waals surface area contributed by atoms with Crippen molar-refractivity contribution >= 4 is 64.3 Å². The molecule has 2 aliphatic rings. The highest BCUT2D eigenvalue weighted by Crippen LogP contribution is 2.45. The van der Waals surface area contributed by atoms with Gasteiger partial charge in [-0.3, -0.25) is 9.59 Å². The van der Waals surface area contributed by atoms with E-state index in [1.165, 1.54) is 16.3 Å². The molecule has 224 valence electrons. The van der Waals surface area contributed by atoms with Crippen LogP contribution in [0.1, 0.15) is 51.5 Å². The number of aromatic nitrogens is 1. The fraction of sp³-hybridized carbons (Fsp3) is 0.194. The molecule has 0 aliphatic carbocycles. The summed E-state index contributed by atoms with van der Waals surface area (Å²) in [7, 11) is 0. The second-order valence-corrected chi connectivity index (χ2v) is 12.4. The lowest BCUT2D eigenvalue weighted by molar-refractivity contribution is -0.166. The topological polar surface area (TPSA) is 130 Å². The largest absolute Gasteiger partial charge is 0.420 e. The molecule has 3 aromatic carbocycles. The average molecular weight is 652 g/mol. The predicted octanol–water partition coefficient (Wildman–Crippen LogP) is 5.60. The van der Waals surface area contributed by atoms with E-state index < -0.39 is 35.9 Å². The number of cyclic esters (lactones) is 1. The van der Waals surface area contributed by atoms with Crippen LogP contribution in [0.25, 0.3) is 11.3 Å². The number of benzene rings is 3. The first-order valence-corrected chi connectivity index (χ1v) is 15.0. The van der Waals surface area contributed by atoms with Crippen LogP contribution < -0.4 is 10.3 Å². The molecular weight excluding hydrogens is 627 g/mol. The van der Waals surface area contributed by atoms with Crippen molar-refractivity contribution in [1.29, 1.82) is 0 Å². The Bertz CT molecular complexity index is 1800. The maximum atomic E-state index is 13.2. The highest BCUT2D eigenvalue weighted by Gasteiger charge is 2.36. The van der Waals surface area contributed by atoms with Gasteiger partial charge >= 0.3 is 11.9 Å². The molecule has 6 rings (SSSR count). The number of halogens is 2. The number of hydrogen-bond donors (Lipinski definition) is 2. The molecule has 0 fully saturated rings. The van der Waals surface area contributed by atoms with Gasteiger partial charge in [0, 0.05) is 37.0 Å².